The average Bonchev–Trinajstić information content (AvgIpc) is 2.28. The summed E-state index contributed by atoms with van der Waals surface area (Å²) in [7, 11) is 0. The van der Waals surface area contributed by atoms with E-state index in [0.29, 0.717) is 29.1 Å². The van der Waals surface area contributed by atoms with Gasteiger partial charge in [0.2, 0.25) is 0 Å². The van der Waals surface area contributed by atoms with Crippen molar-refractivity contribution in [3.63, 3.8) is 0 Å². The fraction of sp³-hybridized carbons (Fsp3) is 0.500. The molecule has 1 aliphatic rings. The smallest absolute Gasteiger partial charge is 0.412 e. The molecular formula is C16H20ClNO4. The molecule has 0 spiro atoms. The van der Waals surface area contributed by atoms with Crippen molar-refractivity contribution < 1.29 is 19.4 Å². The topological polar surface area (TPSA) is 75.6 Å². The predicted molar refractivity (Wildman–Crippen MR) is 84.5 cm³/mol. The zero-order valence-electron chi connectivity index (χ0n) is 12.9. The Morgan fingerprint density at radius 2 is 1.95 bits per heavy atom. The first kappa shape index (κ1) is 16.6. The lowest BCUT2D eigenvalue weighted by Crippen LogP contribution is -2.42. The molecule has 2 N–H and O–H groups in total. The van der Waals surface area contributed by atoms with Gasteiger partial charge in [0.05, 0.1) is 16.1 Å². The number of amides is 1. The fourth-order valence-corrected chi connectivity index (χ4v) is 2.71. The van der Waals surface area contributed by atoms with Crippen LogP contribution in [0, 0.1) is 0 Å². The van der Waals surface area contributed by atoms with E-state index in [1.54, 1.807) is 39.0 Å². The largest absolute Gasteiger partial charge is 0.481 e. The molecule has 0 unspecified atom stereocenters. The zero-order valence-corrected chi connectivity index (χ0v) is 13.7. The first-order chi connectivity index (χ1) is 10.1. The van der Waals surface area contributed by atoms with Gasteiger partial charge in [0.25, 0.3) is 0 Å². The first-order valence-corrected chi connectivity index (χ1v) is 7.55. The highest BCUT2D eigenvalue weighted by atomic mass is 35.5. The van der Waals surface area contributed by atoms with Crippen molar-refractivity contribution in [2.45, 2.75) is 51.0 Å². The highest BCUT2D eigenvalue weighted by molar-refractivity contribution is 6.33. The second-order valence-electron chi connectivity index (χ2n) is 6.56. The van der Waals surface area contributed by atoms with Crippen LogP contribution in [0.2, 0.25) is 5.02 Å². The van der Waals surface area contributed by atoms with Crippen LogP contribution >= 0.6 is 11.6 Å². The third-order valence-electron chi connectivity index (χ3n) is 3.77. The number of ether oxygens (including phenoxy) is 1. The Morgan fingerprint density at radius 1 is 1.32 bits per heavy atom. The van der Waals surface area contributed by atoms with Crippen molar-refractivity contribution in [3.8, 4) is 0 Å². The standard InChI is InChI=1S/C16H20ClNO4/c1-15(2,3)22-14(21)18-12-6-5-10(9-11(12)17)16(13(19)20)7-4-8-16/h5-6,9H,4,7-8H2,1-3H3,(H,18,21)(H,19,20). The SMILES string of the molecule is CC(C)(C)OC(=O)Nc1ccc(C2(C(=O)O)CCC2)cc1Cl. The van der Waals surface area contributed by atoms with Crippen LogP contribution < -0.4 is 5.32 Å². The number of carbonyl (C=O) groups excluding carboxylic acids is 1. The minimum Gasteiger partial charge on any atom is -0.481 e. The summed E-state index contributed by atoms with van der Waals surface area (Å²) in [5, 5.41) is 12.3. The molecule has 1 aromatic rings. The minimum absolute atomic E-state index is 0.302. The summed E-state index contributed by atoms with van der Waals surface area (Å²) < 4.78 is 5.16. The number of hydrogen-bond acceptors (Lipinski definition) is 3. The van der Waals surface area contributed by atoms with Crippen molar-refractivity contribution in [1.82, 2.24) is 0 Å². The molecule has 0 saturated heterocycles. The van der Waals surface area contributed by atoms with Gasteiger partial charge in [0, 0.05) is 0 Å². The molecule has 1 saturated carbocycles. The van der Waals surface area contributed by atoms with Gasteiger partial charge < -0.3 is 9.84 Å². The number of carbonyl (C=O) groups is 2. The molecule has 1 aliphatic carbocycles. The van der Waals surface area contributed by atoms with E-state index in [0.717, 1.165) is 6.42 Å². The number of rotatable bonds is 3. The lowest BCUT2D eigenvalue weighted by Gasteiger charge is -2.38. The molecule has 120 valence electrons. The Balaban J connectivity index is 2.17. The third-order valence-corrected chi connectivity index (χ3v) is 4.09. The maximum atomic E-state index is 11.8. The summed E-state index contributed by atoms with van der Waals surface area (Å²) in [5.74, 6) is -0.831. The van der Waals surface area contributed by atoms with Crippen LogP contribution in [0.4, 0.5) is 10.5 Å². The van der Waals surface area contributed by atoms with Gasteiger partial charge in [0.15, 0.2) is 0 Å². The van der Waals surface area contributed by atoms with E-state index >= 15 is 0 Å². The number of halogens is 1. The van der Waals surface area contributed by atoms with Gasteiger partial charge in [-0.05, 0) is 51.3 Å². The van der Waals surface area contributed by atoms with Crippen molar-refractivity contribution in [3.05, 3.63) is 28.8 Å². The van der Waals surface area contributed by atoms with Gasteiger partial charge in [0.1, 0.15) is 5.60 Å². The summed E-state index contributed by atoms with van der Waals surface area (Å²) >= 11 is 6.17. The first-order valence-electron chi connectivity index (χ1n) is 7.17. The van der Waals surface area contributed by atoms with Crippen LogP contribution in [0.3, 0.4) is 0 Å². The van der Waals surface area contributed by atoms with Gasteiger partial charge in [-0.2, -0.15) is 0 Å². The minimum atomic E-state index is -0.839. The Kier molecular flexibility index (Phi) is 4.38. The van der Waals surface area contributed by atoms with Crippen molar-refractivity contribution in [2.24, 2.45) is 0 Å². The normalized spacial score (nSPS) is 16.5. The molecule has 0 radical (unpaired) electrons. The van der Waals surface area contributed by atoms with E-state index in [4.69, 9.17) is 16.3 Å². The Hall–Kier alpha value is -1.75. The second kappa shape index (κ2) is 5.80. The summed E-state index contributed by atoms with van der Waals surface area (Å²) in [6.45, 7) is 5.31. The molecular weight excluding hydrogens is 306 g/mol. The second-order valence-corrected chi connectivity index (χ2v) is 6.97. The lowest BCUT2D eigenvalue weighted by molar-refractivity contribution is -0.147. The van der Waals surface area contributed by atoms with E-state index < -0.39 is 23.1 Å². The molecule has 6 heteroatoms. The van der Waals surface area contributed by atoms with Crippen molar-refractivity contribution in [1.29, 1.82) is 0 Å². The lowest BCUT2D eigenvalue weighted by atomic mass is 9.64. The van der Waals surface area contributed by atoms with Gasteiger partial charge >= 0.3 is 12.1 Å². The van der Waals surface area contributed by atoms with E-state index in [-0.39, 0.29) is 0 Å². The number of aliphatic carboxylic acids is 1. The molecule has 0 aliphatic heterocycles. The molecule has 0 atom stereocenters. The number of anilines is 1. The van der Waals surface area contributed by atoms with Gasteiger partial charge in [-0.15, -0.1) is 0 Å². The number of nitrogens with one attached hydrogen (secondary N) is 1. The maximum Gasteiger partial charge on any atom is 0.412 e. The Morgan fingerprint density at radius 3 is 2.36 bits per heavy atom. The molecule has 0 heterocycles. The number of benzene rings is 1. The predicted octanol–water partition coefficient (Wildman–Crippen LogP) is 4.19. The highest BCUT2D eigenvalue weighted by Crippen LogP contribution is 2.45. The Labute approximate surface area is 134 Å². The molecule has 5 nitrogen and oxygen atoms in total. The molecule has 1 aromatic carbocycles. The molecule has 0 aromatic heterocycles. The van der Waals surface area contributed by atoms with Gasteiger partial charge in [-0.1, -0.05) is 24.1 Å². The summed E-state index contributed by atoms with van der Waals surface area (Å²) in [6, 6.07) is 4.93. The van der Waals surface area contributed by atoms with E-state index in [2.05, 4.69) is 5.32 Å². The van der Waals surface area contributed by atoms with Gasteiger partial charge in [-0.3, -0.25) is 10.1 Å². The van der Waals surface area contributed by atoms with Crippen LogP contribution in [0.25, 0.3) is 0 Å². The van der Waals surface area contributed by atoms with Crippen molar-refractivity contribution in [2.75, 3.05) is 5.32 Å². The van der Waals surface area contributed by atoms with E-state index in [9.17, 15) is 14.7 Å². The monoisotopic (exact) mass is 325 g/mol. The van der Waals surface area contributed by atoms with Crippen LogP contribution in [0.1, 0.15) is 45.6 Å². The maximum absolute atomic E-state index is 11.8. The fourth-order valence-electron chi connectivity index (χ4n) is 2.48. The summed E-state index contributed by atoms with van der Waals surface area (Å²) in [4.78, 5) is 23.3. The van der Waals surface area contributed by atoms with Crippen LogP contribution in [0.5, 0.6) is 0 Å². The van der Waals surface area contributed by atoms with Crippen LogP contribution in [-0.4, -0.2) is 22.8 Å². The molecule has 1 amide bonds. The molecule has 1 fully saturated rings. The molecule has 2 rings (SSSR count). The van der Waals surface area contributed by atoms with Crippen LogP contribution in [0.15, 0.2) is 18.2 Å². The van der Waals surface area contributed by atoms with Gasteiger partial charge in [-0.25, -0.2) is 4.79 Å². The van der Waals surface area contributed by atoms with Crippen LogP contribution in [-0.2, 0) is 14.9 Å². The number of hydrogen-bond donors (Lipinski definition) is 2. The van der Waals surface area contributed by atoms with Crippen molar-refractivity contribution >= 4 is 29.4 Å². The molecule has 0 bridgehead atoms. The average molecular weight is 326 g/mol. The number of carboxylic acid groups (broad SMARTS) is 1. The van der Waals surface area contributed by atoms with E-state index in [1.807, 2.05) is 0 Å². The number of carboxylic acids is 1. The Bertz CT molecular complexity index is 603. The highest BCUT2D eigenvalue weighted by Gasteiger charge is 2.46. The quantitative estimate of drug-likeness (QED) is 0.873. The third kappa shape index (κ3) is 3.35. The zero-order chi connectivity index (χ0) is 16.5. The molecule has 22 heavy (non-hydrogen) atoms. The van der Waals surface area contributed by atoms with E-state index in [1.165, 1.54) is 0 Å². The summed E-state index contributed by atoms with van der Waals surface area (Å²) in [5.41, 5.74) is -0.366. The summed E-state index contributed by atoms with van der Waals surface area (Å²) in [6.07, 6.45) is 1.51.